The van der Waals surface area contributed by atoms with Crippen molar-refractivity contribution in [3.8, 4) is 0 Å². The van der Waals surface area contributed by atoms with Gasteiger partial charge in [-0.05, 0) is 11.5 Å². The number of nitrogens with zero attached hydrogens (tertiary/aromatic N) is 2. The van der Waals surface area contributed by atoms with Crippen molar-refractivity contribution < 1.29 is 19.8 Å². The van der Waals surface area contributed by atoms with Crippen LogP contribution in [-0.4, -0.2) is 44.3 Å². The van der Waals surface area contributed by atoms with Gasteiger partial charge in [-0.2, -0.15) is 0 Å². The fraction of sp³-hybridized carbons (Fsp3) is 0.333. The van der Waals surface area contributed by atoms with Gasteiger partial charge in [-0.15, -0.1) is 5.10 Å². The van der Waals surface area contributed by atoms with Crippen LogP contribution in [-0.2, 0) is 4.79 Å². The number of hydrogen-bond acceptors (Lipinski definition) is 6. The van der Waals surface area contributed by atoms with Gasteiger partial charge >= 0.3 is 5.97 Å². The molecule has 0 spiro atoms. The second-order valence-electron chi connectivity index (χ2n) is 2.34. The molecule has 8 heteroatoms. The van der Waals surface area contributed by atoms with Crippen LogP contribution in [0.4, 0.5) is 0 Å². The minimum Gasteiger partial charge on any atom is -0.480 e. The quantitative estimate of drug-likeness (QED) is 0.578. The molecule has 1 atom stereocenters. The van der Waals surface area contributed by atoms with E-state index in [1.54, 1.807) is 0 Å². The van der Waals surface area contributed by atoms with Crippen LogP contribution in [0.2, 0.25) is 0 Å². The van der Waals surface area contributed by atoms with E-state index in [0.29, 0.717) is 0 Å². The van der Waals surface area contributed by atoms with Gasteiger partial charge in [-0.25, -0.2) is 4.79 Å². The summed E-state index contributed by atoms with van der Waals surface area (Å²) in [5, 5.41) is 24.0. The van der Waals surface area contributed by atoms with Gasteiger partial charge in [0.25, 0.3) is 5.91 Å². The molecule has 0 fully saturated rings. The Morgan fingerprint density at radius 3 is 2.79 bits per heavy atom. The molecule has 0 aliphatic carbocycles. The highest BCUT2D eigenvalue weighted by Gasteiger charge is 2.20. The van der Waals surface area contributed by atoms with Crippen LogP contribution in [0.5, 0.6) is 0 Å². The third kappa shape index (κ3) is 2.47. The Morgan fingerprint density at radius 1 is 1.64 bits per heavy atom. The Hall–Kier alpha value is -1.54. The van der Waals surface area contributed by atoms with Gasteiger partial charge in [0.05, 0.1) is 6.61 Å². The number of aliphatic carboxylic acids is 1. The average Bonchev–Trinajstić information content (AvgIpc) is 2.65. The lowest BCUT2D eigenvalue weighted by molar-refractivity contribution is -0.140. The largest absolute Gasteiger partial charge is 0.480 e. The van der Waals surface area contributed by atoms with Crippen LogP contribution in [0.1, 0.15) is 10.5 Å². The lowest BCUT2D eigenvalue weighted by atomic mass is 10.3. The number of carbonyl (C=O) groups excluding carboxylic acids is 1. The Labute approximate surface area is 82.5 Å². The number of aliphatic hydroxyl groups excluding tert-OH is 1. The van der Waals surface area contributed by atoms with E-state index >= 15 is 0 Å². The Kier molecular flexibility index (Phi) is 3.48. The molecule has 0 saturated heterocycles. The molecular weight excluding hydrogens is 210 g/mol. The highest BCUT2D eigenvalue weighted by atomic mass is 32.1. The van der Waals surface area contributed by atoms with Crippen LogP contribution in [0.3, 0.4) is 0 Å². The highest BCUT2D eigenvalue weighted by Crippen LogP contribution is 1.97. The smallest absolute Gasteiger partial charge is 0.328 e. The molecule has 7 nitrogen and oxygen atoms in total. The monoisotopic (exact) mass is 217 g/mol. The first kappa shape index (κ1) is 10.5. The van der Waals surface area contributed by atoms with E-state index in [-0.39, 0.29) is 5.69 Å². The molecule has 3 N–H and O–H groups in total. The first-order chi connectivity index (χ1) is 6.65. The van der Waals surface area contributed by atoms with Gasteiger partial charge in [0.2, 0.25) is 0 Å². The fourth-order valence-corrected chi connectivity index (χ4v) is 1.12. The van der Waals surface area contributed by atoms with Gasteiger partial charge in [0, 0.05) is 5.38 Å². The van der Waals surface area contributed by atoms with E-state index < -0.39 is 24.5 Å². The molecule has 0 radical (unpaired) electrons. The normalized spacial score (nSPS) is 12.1. The molecule has 1 amide bonds. The molecule has 1 aromatic rings. The van der Waals surface area contributed by atoms with Crippen molar-refractivity contribution in [3.63, 3.8) is 0 Å². The number of nitrogens with one attached hydrogen (secondary N) is 1. The molecule has 0 bridgehead atoms. The maximum Gasteiger partial charge on any atom is 0.328 e. The van der Waals surface area contributed by atoms with Crippen LogP contribution in [0.25, 0.3) is 0 Å². The molecule has 0 saturated carbocycles. The van der Waals surface area contributed by atoms with Crippen molar-refractivity contribution in [2.45, 2.75) is 6.04 Å². The maximum atomic E-state index is 11.2. The number of carbonyl (C=O) groups is 2. The van der Waals surface area contributed by atoms with E-state index in [4.69, 9.17) is 10.2 Å². The molecule has 0 aliphatic rings. The Bertz CT molecular complexity index is 326. The fourth-order valence-electron chi connectivity index (χ4n) is 0.681. The van der Waals surface area contributed by atoms with E-state index in [9.17, 15) is 9.59 Å². The van der Waals surface area contributed by atoms with Crippen LogP contribution in [0.15, 0.2) is 5.38 Å². The van der Waals surface area contributed by atoms with Crippen molar-refractivity contribution >= 4 is 23.4 Å². The van der Waals surface area contributed by atoms with Crippen LogP contribution < -0.4 is 5.32 Å². The number of aliphatic hydroxyl groups is 1. The molecule has 1 unspecified atom stereocenters. The number of hydrogen-bond donors (Lipinski definition) is 3. The first-order valence-electron chi connectivity index (χ1n) is 3.56. The summed E-state index contributed by atoms with van der Waals surface area (Å²) in [6, 6.07) is -1.32. The SMILES string of the molecule is O=C(NC(CO)C(=O)O)c1csnn1. The Morgan fingerprint density at radius 2 is 2.36 bits per heavy atom. The highest BCUT2D eigenvalue weighted by molar-refractivity contribution is 7.03. The lowest BCUT2D eigenvalue weighted by Crippen LogP contribution is -2.43. The zero-order valence-corrected chi connectivity index (χ0v) is 7.69. The zero-order chi connectivity index (χ0) is 10.6. The van der Waals surface area contributed by atoms with Crippen molar-refractivity contribution in [1.29, 1.82) is 0 Å². The third-order valence-electron chi connectivity index (χ3n) is 1.38. The topological polar surface area (TPSA) is 112 Å². The third-order valence-corrected chi connectivity index (χ3v) is 1.88. The summed E-state index contributed by atoms with van der Waals surface area (Å²) in [5.41, 5.74) is 0.0368. The van der Waals surface area contributed by atoms with Crippen molar-refractivity contribution in [2.75, 3.05) is 6.61 Å². The molecular formula is C6H7N3O4S. The standard InChI is InChI=1S/C6H7N3O4S/c10-1-3(6(12)13)7-5(11)4-2-14-9-8-4/h2-3,10H,1H2,(H,7,11)(H,12,13). The van der Waals surface area contributed by atoms with Crippen molar-refractivity contribution in [1.82, 2.24) is 14.9 Å². The minimum atomic E-state index is -1.32. The molecule has 0 aliphatic heterocycles. The van der Waals surface area contributed by atoms with Gasteiger partial charge in [-0.1, -0.05) is 4.49 Å². The first-order valence-corrected chi connectivity index (χ1v) is 4.40. The van der Waals surface area contributed by atoms with Gasteiger partial charge < -0.3 is 15.5 Å². The molecule has 14 heavy (non-hydrogen) atoms. The maximum absolute atomic E-state index is 11.2. The van der Waals surface area contributed by atoms with E-state index in [1.807, 2.05) is 0 Å². The lowest BCUT2D eigenvalue weighted by Gasteiger charge is -2.09. The summed E-state index contributed by atoms with van der Waals surface area (Å²) in [6.45, 7) is -0.668. The van der Waals surface area contributed by atoms with Gasteiger partial charge in [-0.3, -0.25) is 4.79 Å². The molecule has 0 aromatic carbocycles. The summed E-state index contributed by atoms with van der Waals surface area (Å²) in [6.07, 6.45) is 0. The van der Waals surface area contributed by atoms with Crippen molar-refractivity contribution in [2.24, 2.45) is 0 Å². The second kappa shape index (κ2) is 4.63. The number of aromatic nitrogens is 2. The summed E-state index contributed by atoms with van der Waals surface area (Å²) >= 11 is 0.979. The van der Waals surface area contributed by atoms with Crippen LogP contribution in [0, 0.1) is 0 Å². The predicted octanol–water partition coefficient (Wildman–Crippen LogP) is -1.29. The number of amides is 1. The van der Waals surface area contributed by atoms with E-state index in [0.717, 1.165) is 11.5 Å². The average molecular weight is 217 g/mol. The summed E-state index contributed by atoms with van der Waals surface area (Å²) in [7, 11) is 0. The van der Waals surface area contributed by atoms with E-state index in [2.05, 4.69) is 14.9 Å². The summed E-state index contributed by atoms with van der Waals surface area (Å²) in [4.78, 5) is 21.6. The van der Waals surface area contributed by atoms with E-state index in [1.165, 1.54) is 5.38 Å². The molecule has 1 rings (SSSR count). The molecule has 76 valence electrons. The minimum absolute atomic E-state index is 0.0368. The van der Waals surface area contributed by atoms with Crippen molar-refractivity contribution in [3.05, 3.63) is 11.1 Å². The summed E-state index contributed by atoms with van der Waals surface area (Å²) < 4.78 is 3.44. The zero-order valence-electron chi connectivity index (χ0n) is 6.88. The number of carboxylic acids is 1. The molecule has 1 heterocycles. The van der Waals surface area contributed by atoms with Gasteiger partial charge in [0.1, 0.15) is 0 Å². The number of rotatable bonds is 4. The van der Waals surface area contributed by atoms with Gasteiger partial charge in [0.15, 0.2) is 11.7 Å². The van der Waals surface area contributed by atoms with Crippen LogP contribution >= 0.6 is 11.5 Å². The predicted molar refractivity (Wildman–Crippen MR) is 45.9 cm³/mol. The molecule has 1 aromatic heterocycles. The summed E-state index contributed by atoms with van der Waals surface area (Å²) in [5.74, 6) is -1.97. The number of carboxylic acid groups (broad SMARTS) is 1. The second-order valence-corrected chi connectivity index (χ2v) is 2.95. The Balaban J connectivity index is 2.60.